The van der Waals surface area contributed by atoms with E-state index in [1.807, 2.05) is 0 Å². The van der Waals surface area contributed by atoms with Crippen LogP contribution in [0, 0.1) is 0 Å². The maximum absolute atomic E-state index is 2.47. The predicted octanol–water partition coefficient (Wildman–Crippen LogP) is 15.2. The number of hydrogen-bond acceptors (Lipinski definition) is 1. The summed E-state index contributed by atoms with van der Waals surface area (Å²) in [6, 6.07) is 87.1. The van der Waals surface area contributed by atoms with Crippen molar-refractivity contribution in [3.63, 3.8) is 0 Å². The lowest BCUT2D eigenvalue weighted by atomic mass is 9.67. The molecule has 0 N–H and O–H groups in total. The molecule has 0 bridgehead atoms. The number of anilines is 3. The van der Waals surface area contributed by atoms with Crippen LogP contribution in [0.3, 0.4) is 0 Å². The highest BCUT2D eigenvalue weighted by atomic mass is 15.1. The summed E-state index contributed by atoms with van der Waals surface area (Å²) in [7, 11) is 0. The highest BCUT2D eigenvalue weighted by molar-refractivity contribution is 5.93. The van der Waals surface area contributed by atoms with Crippen molar-refractivity contribution in [3.8, 4) is 33.4 Å². The lowest BCUT2D eigenvalue weighted by Gasteiger charge is -2.35. The van der Waals surface area contributed by atoms with Crippen LogP contribution in [0.2, 0.25) is 0 Å². The first-order valence-electron chi connectivity index (χ1n) is 20.1. The van der Waals surface area contributed by atoms with Gasteiger partial charge in [0.25, 0.3) is 0 Å². The van der Waals surface area contributed by atoms with E-state index in [0.29, 0.717) is 0 Å². The van der Waals surface area contributed by atoms with E-state index in [1.165, 1.54) is 77.2 Å². The first-order valence-corrected chi connectivity index (χ1v) is 20.1. The van der Waals surface area contributed by atoms with E-state index in [1.54, 1.807) is 0 Å². The van der Waals surface area contributed by atoms with Crippen molar-refractivity contribution in [1.29, 1.82) is 0 Å². The molecule has 1 heteroatoms. The fraction of sp³-hybridized carbons (Fsp3) is 0.0175. The topological polar surface area (TPSA) is 3.24 Å². The zero-order chi connectivity index (χ0) is 38.5. The zero-order valence-electron chi connectivity index (χ0n) is 32.0. The van der Waals surface area contributed by atoms with Crippen LogP contribution in [0.1, 0.15) is 22.3 Å². The Morgan fingerprint density at radius 2 is 0.741 bits per heavy atom. The molecular formula is C57H39N. The molecule has 0 heterocycles. The standard InChI is InChI=1S/C57H39N/c1-3-14-40(15-4-1)44-28-32-50(33-29-44)58(51-23-13-22-47(38-51)41-16-5-2-6-17-41)52-34-35-54-53-24-11-12-25-55(53)57(56(54)39-52,48-30-26-42-18-7-9-20-45(42)36-48)49-31-27-43-19-8-10-21-46(43)37-49/h1-39H. The Balaban J connectivity index is 1.18. The van der Waals surface area contributed by atoms with Crippen molar-refractivity contribution in [3.05, 3.63) is 259 Å². The number of nitrogens with zero attached hydrogens (tertiary/aromatic N) is 1. The lowest BCUT2D eigenvalue weighted by Crippen LogP contribution is -2.29. The van der Waals surface area contributed by atoms with Crippen LogP contribution >= 0.6 is 0 Å². The molecule has 10 aromatic carbocycles. The molecule has 0 aliphatic heterocycles. The van der Waals surface area contributed by atoms with Gasteiger partial charge in [-0.1, -0.05) is 188 Å². The Hall–Kier alpha value is -7.48. The number of benzene rings is 10. The minimum absolute atomic E-state index is 0.579. The molecule has 272 valence electrons. The summed E-state index contributed by atoms with van der Waals surface area (Å²) < 4.78 is 0. The molecule has 10 aromatic rings. The molecule has 11 rings (SSSR count). The molecule has 58 heavy (non-hydrogen) atoms. The fourth-order valence-corrected chi connectivity index (χ4v) is 9.38. The van der Waals surface area contributed by atoms with Gasteiger partial charge in [-0.05, 0) is 126 Å². The highest BCUT2D eigenvalue weighted by Gasteiger charge is 2.46. The molecule has 0 amide bonds. The zero-order valence-corrected chi connectivity index (χ0v) is 32.0. The maximum Gasteiger partial charge on any atom is 0.0714 e. The van der Waals surface area contributed by atoms with Gasteiger partial charge in [0, 0.05) is 17.1 Å². The Labute approximate surface area is 339 Å². The van der Waals surface area contributed by atoms with Crippen molar-refractivity contribution in [2.75, 3.05) is 4.90 Å². The van der Waals surface area contributed by atoms with Crippen LogP contribution in [0.15, 0.2) is 237 Å². The molecule has 0 spiro atoms. The summed E-state index contributed by atoms with van der Waals surface area (Å²) in [5.41, 5.74) is 15.1. The van der Waals surface area contributed by atoms with Crippen molar-refractivity contribution in [1.82, 2.24) is 0 Å². The van der Waals surface area contributed by atoms with Crippen LogP contribution in [-0.4, -0.2) is 0 Å². The number of hydrogen-bond donors (Lipinski definition) is 0. The minimum Gasteiger partial charge on any atom is -0.310 e. The van der Waals surface area contributed by atoms with Gasteiger partial charge in [-0.3, -0.25) is 0 Å². The third-order valence-corrected chi connectivity index (χ3v) is 12.1. The van der Waals surface area contributed by atoms with Gasteiger partial charge in [-0.25, -0.2) is 0 Å². The van der Waals surface area contributed by atoms with Gasteiger partial charge in [-0.2, -0.15) is 0 Å². The van der Waals surface area contributed by atoms with Crippen molar-refractivity contribution >= 4 is 38.6 Å². The molecule has 0 saturated heterocycles. The molecule has 0 unspecified atom stereocenters. The second-order valence-electron chi connectivity index (χ2n) is 15.3. The molecule has 0 aromatic heterocycles. The first-order chi connectivity index (χ1) is 28.7. The fourth-order valence-electron chi connectivity index (χ4n) is 9.38. The van der Waals surface area contributed by atoms with Gasteiger partial charge in [0.15, 0.2) is 0 Å². The molecule has 0 saturated carbocycles. The van der Waals surface area contributed by atoms with E-state index in [0.717, 1.165) is 17.1 Å². The van der Waals surface area contributed by atoms with Crippen LogP contribution in [0.4, 0.5) is 17.1 Å². The summed E-state index contributed by atoms with van der Waals surface area (Å²) in [6.45, 7) is 0. The second kappa shape index (κ2) is 13.9. The monoisotopic (exact) mass is 737 g/mol. The Morgan fingerprint density at radius 1 is 0.259 bits per heavy atom. The van der Waals surface area contributed by atoms with Crippen molar-refractivity contribution in [2.45, 2.75) is 5.41 Å². The number of rotatable bonds is 7. The molecular weight excluding hydrogens is 699 g/mol. The van der Waals surface area contributed by atoms with Crippen LogP contribution in [-0.2, 0) is 5.41 Å². The van der Waals surface area contributed by atoms with Crippen molar-refractivity contribution < 1.29 is 0 Å². The Kier molecular flexibility index (Phi) is 8.12. The van der Waals surface area contributed by atoms with E-state index < -0.39 is 5.41 Å². The summed E-state index contributed by atoms with van der Waals surface area (Å²) >= 11 is 0. The summed E-state index contributed by atoms with van der Waals surface area (Å²) in [4.78, 5) is 2.43. The van der Waals surface area contributed by atoms with Gasteiger partial charge < -0.3 is 4.90 Å². The lowest BCUT2D eigenvalue weighted by molar-refractivity contribution is 0.771. The van der Waals surface area contributed by atoms with Crippen LogP contribution in [0.25, 0.3) is 54.9 Å². The normalized spacial score (nSPS) is 12.6. The summed E-state index contributed by atoms with van der Waals surface area (Å²) in [5.74, 6) is 0. The SMILES string of the molecule is c1ccc(-c2ccc(N(c3cccc(-c4ccccc4)c3)c3ccc4c(c3)C(c3ccc5ccccc5c3)(c3ccc5ccccc5c3)c3ccccc3-4)cc2)cc1. The predicted molar refractivity (Wildman–Crippen MR) is 244 cm³/mol. The van der Waals surface area contributed by atoms with Crippen LogP contribution < -0.4 is 4.90 Å². The van der Waals surface area contributed by atoms with Gasteiger partial charge in [0.2, 0.25) is 0 Å². The summed E-state index contributed by atoms with van der Waals surface area (Å²) in [5, 5.41) is 4.95. The van der Waals surface area contributed by atoms with Crippen molar-refractivity contribution in [2.24, 2.45) is 0 Å². The Bertz CT molecular complexity index is 3030. The van der Waals surface area contributed by atoms with E-state index in [9.17, 15) is 0 Å². The average molecular weight is 738 g/mol. The van der Waals surface area contributed by atoms with E-state index in [2.05, 4.69) is 241 Å². The first kappa shape index (κ1) is 33.8. The smallest absolute Gasteiger partial charge is 0.0714 e. The Morgan fingerprint density at radius 3 is 1.40 bits per heavy atom. The van der Waals surface area contributed by atoms with E-state index in [4.69, 9.17) is 0 Å². The maximum atomic E-state index is 2.47. The number of fused-ring (bicyclic) bond motifs is 5. The summed E-state index contributed by atoms with van der Waals surface area (Å²) in [6.07, 6.45) is 0. The van der Waals surface area contributed by atoms with Crippen LogP contribution in [0.5, 0.6) is 0 Å². The third-order valence-electron chi connectivity index (χ3n) is 12.1. The van der Waals surface area contributed by atoms with E-state index >= 15 is 0 Å². The quantitative estimate of drug-likeness (QED) is 0.157. The van der Waals surface area contributed by atoms with E-state index in [-0.39, 0.29) is 0 Å². The molecule has 1 aliphatic rings. The molecule has 1 aliphatic carbocycles. The molecule has 0 fully saturated rings. The largest absolute Gasteiger partial charge is 0.310 e. The van der Waals surface area contributed by atoms with Gasteiger partial charge in [0.05, 0.1) is 5.41 Å². The van der Waals surface area contributed by atoms with Gasteiger partial charge in [-0.15, -0.1) is 0 Å². The van der Waals surface area contributed by atoms with Gasteiger partial charge >= 0.3 is 0 Å². The molecule has 1 nitrogen and oxygen atoms in total. The highest BCUT2D eigenvalue weighted by Crippen LogP contribution is 2.58. The third kappa shape index (κ3) is 5.55. The average Bonchev–Trinajstić information content (AvgIpc) is 3.60. The van der Waals surface area contributed by atoms with Gasteiger partial charge in [0.1, 0.15) is 0 Å². The molecule has 0 radical (unpaired) electrons. The molecule has 0 atom stereocenters. The minimum atomic E-state index is -0.579. The second-order valence-corrected chi connectivity index (χ2v) is 15.3.